The van der Waals surface area contributed by atoms with Crippen LogP contribution >= 0.6 is 0 Å². The summed E-state index contributed by atoms with van der Waals surface area (Å²) in [6.45, 7) is 18.9. The minimum absolute atomic E-state index is 0.0496. The topological polar surface area (TPSA) is 212 Å². The van der Waals surface area contributed by atoms with E-state index >= 15 is 0 Å². The summed E-state index contributed by atoms with van der Waals surface area (Å²) in [5.41, 5.74) is 0. The van der Waals surface area contributed by atoms with E-state index in [0.29, 0.717) is 38.9 Å². The van der Waals surface area contributed by atoms with Crippen LogP contribution in [0.25, 0.3) is 0 Å². The van der Waals surface area contributed by atoms with Gasteiger partial charge in [0.25, 0.3) is 0 Å². The highest BCUT2D eigenvalue weighted by Crippen LogP contribution is 2.20. The molecule has 0 fully saturated rings. The van der Waals surface area contributed by atoms with Crippen molar-refractivity contribution in [3.05, 3.63) is 0 Å². The minimum Gasteiger partial charge on any atom is -0.395 e. The van der Waals surface area contributed by atoms with Crippen LogP contribution in [0.1, 0.15) is 255 Å². The van der Waals surface area contributed by atoms with Gasteiger partial charge in [0.1, 0.15) is 18.1 Å². The second-order valence-corrected chi connectivity index (χ2v) is 23.4. The largest absolute Gasteiger partial charge is 0.395 e. The molecule has 0 aliphatic carbocycles. The number of amides is 6. The van der Waals surface area contributed by atoms with E-state index in [4.69, 9.17) is 0 Å². The van der Waals surface area contributed by atoms with Gasteiger partial charge in [-0.1, -0.05) is 216 Å². The molecule has 16 heteroatoms. The molecule has 0 spiro atoms. The van der Waals surface area contributed by atoms with Gasteiger partial charge in [0.05, 0.1) is 19.8 Å². The quantitative estimate of drug-likeness (QED) is 0.0317. The molecule has 0 saturated carbocycles. The average molecular weight is 1120 g/mol. The molecule has 0 aromatic rings. The third kappa shape index (κ3) is 36.0. The molecule has 16 nitrogen and oxygen atoms in total. The number of aliphatic hydroxyl groups is 3. The second-order valence-electron chi connectivity index (χ2n) is 23.4. The first-order valence-electron chi connectivity index (χ1n) is 32.3. The zero-order valence-corrected chi connectivity index (χ0v) is 52.2. The predicted octanol–water partition coefficient (Wildman–Crippen LogP) is 9.94. The fourth-order valence-corrected chi connectivity index (χ4v) is 10.8. The number of nitrogens with one attached hydrogen (secondary N) is 3. The van der Waals surface area contributed by atoms with Crippen LogP contribution in [-0.4, -0.2) is 167 Å². The molecule has 0 heterocycles. The van der Waals surface area contributed by atoms with Gasteiger partial charge in [0.15, 0.2) is 0 Å². The van der Waals surface area contributed by atoms with Crippen LogP contribution in [0.15, 0.2) is 0 Å². The van der Waals surface area contributed by atoms with Crippen molar-refractivity contribution in [3.8, 4) is 0 Å². The summed E-state index contributed by atoms with van der Waals surface area (Å²) < 4.78 is 0. The van der Waals surface area contributed by atoms with Gasteiger partial charge in [-0.25, -0.2) is 0 Å². The second kappa shape index (κ2) is 50.4. The van der Waals surface area contributed by atoms with Crippen molar-refractivity contribution in [2.45, 2.75) is 273 Å². The zero-order chi connectivity index (χ0) is 59.1. The van der Waals surface area contributed by atoms with Gasteiger partial charge >= 0.3 is 0 Å². The first kappa shape index (κ1) is 75.7. The van der Waals surface area contributed by atoms with Crippen molar-refractivity contribution < 1.29 is 44.1 Å². The molecule has 0 aromatic heterocycles. The molecule has 3 atom stereocenters. The van der Waals surface area contributed by atoms with E-state index in [1.54, 1.807) is 0 Å². The smallest absolute Gasteiger partial charge is 0.243 e. The summed E-state index contributed by atoms with van der Waals surface area (Å²) in [4.78, 5) is 89.6. The van der Waals surface area contributed by atoms with Crippen molar-refractivity contribution in [3.63, 3.8) is 0 Å². The highest BCUT2D eigenvalue weighted by atomic mass is 16.3. The van der Waals surface area contributed by atoms with Crippen molar-refractivity contribution in [1.82, 2.24) is 35.6 Å². The van der Waals surface area contributed by atoms with E-state index < -0.39 is 18.1 Å². The van der Waals surface area contributed by atoms with Crippen molar-refractivity contribution >= 4 is 35.4 Å². The van der Waals surface area contributed by atoms with Crippen LogP contribution in [0.2, 0.25) is 0 Å². The normalized spacial score (nSPS) is 12.8. The van der Waals surface area contributed by atoms with Crippen LogP contribution < -0.4 is 16.0 Å². The molecule has 0 aliphatic rings. The highest BCUT2D eigenvalue weighted by molar-refractivity contribution is 5.89. The maximum absolute atomic E-state index is 14.0. The predicted molar refractivity (Wildman–Crippen MR) is 323 cm³/mol. The van der Waals surface area contributed by atoms with Crippen LogP contribution in [0.4, 0.5) is 0 Å². The summed E-state index contributed by atoms with van der Waals surface area (Å²) in [6, 6.07) is -2.37. The Balaban J connectivity index is 6.15. The molecule has 6 amide bonds. The lowest BCUT2D eigenvalue weighted by molar-refractivity contribution is -0.143. The summed E-state index contributed by atoms with van der Waals surface area (Å²) in [7, 11) is 0. The molecule has 0 aliphatic heterocycles. The Kier molecular flexibility index (Phi) is 48.3. The van der Waals surface area contributed by atoms with E-state index in [-0.39, 0.29) is 112 Å². The molecule has 3 unspecified atom stereocenters. The Morgan fingerprint density at radius 2 is 0.519 bits per heavy atom. The van der Waals surface area contributed by atoms with Crippen molar-refractivity contribution in [1.29, 1.82) is 0 Å². The molecule has 0 bridgehead atoms. The molecule has 464 valence electrons. The lowest BCUT2D eigenvalue weighted by atomic mass is 10.00. The van der Waals surface area contributed by atoms with Crippen molar-refractivity contribution in [2.24, 2.45) is 17.8 Å². The molecular weight excluding hydrogens is 999 g/mol. The number of hydrogen-bond donors (Lipinski definition) is 6. The first-order chi connectivity index (χ1) is 38.1. The number of carbonyl (C=O) groups is 6. The Hall–Kier alpha value is -3.34. The Morgan fingerprint density at radius 3 is 0.709 bits per heavy atom. The number of carbonyl (C=O) groups excluding carboxylic acids is 6. The van der Waals surface area contributed by atoms with Gasteiger partial charge in [-0.15, -0.1) is 0 Å². The highest BCUT2D eigenvalue weighted by Gasteiger charge is 2.34. The SMILES string of the molecule is CCCCCCCCCCCC(=O)N(CCO)C(C(=O)NCCN(CCNC(=O)C(C(C)C)N(CCO)C(=O)CCCCCCCCCCC)CCNC(=O)C(C(C)C)N(CCO)C(=O)CCCCCCCCCCC)C(C)C. The number of unbranched alkanes of at least 4 members (excludes halogenated alkanes) is 24. The lowest BCUT2D eigenvalue weighted by Crippen LogP contribution is -2.55. The summed E-state index contributed by atoms with van der Waals surface area (Å²) in [6.07, 6.45) is 31.2. The summed E-state index contributed by atoms with van der Waals surface area (Å²) >= 11 is 0. The van der Waals surface area contributed by atoms with Crippen LogP contribution in [-0.2, 0) is 28.8 Å². The van der Waals surface area contributed by atoms with Gasteiger partial charge in [-0.05, 0) is 37.0 Å². The number of aliphatic hydroxyl groups excluding tert-OH is 3. The van der Waals surface area contributed by atoms with Gasteiger partial charge in [-0.2, -0.15) is 0 Å². The molecule has 0 radical (unpaired) electrons. The number of rotatable bonds is 54. The van der Waals surface area contributed by atoms with Crippen molar-refractivity contribution in [2.75, 3.05) is 78.7 Å². The van der Waals surface area contributed by atoms with E-state index in [9.17, 15) is 44.1 Å². The molecule has 0 saturated heterocycles. The van der Waals surface area contributed by atoms with E-state index in [1.807, 2.05) is 46.4 Å². The zero-order valence-electron chi connectivity index (χ0n) is 52.2. The fraction of sp³-hybridized carbons (Fsp3) is 0.905. The van der Waals surface area contributed by atoms with Gasteiger partial charge < -0.3 is 46.0 Å². The van der Waals surface area contributed by atoms with Gasteiger partial charge in [0.2, 0.25) is 35.4 Å². The average Bonchev–Trinajstić information content (AvgIpc) is 3.40. The van der Waals surface area contributed by atoms with Crippen LogP contribution in [0.3, 0.4) is 0 Å². The maximum Gasteiger partial charge on any atom is 0.243 e. The molecule has 6 N–H and O–H groups in total. The monoisotopic (exact) mass is 1120 g/mol. The lowest BCUT2D eigenvalue weighted by Gasteiger charge is -2.34. The molecule has 79 heavy (non-hydrogen) atoms. The Bertz CT molecular complexity index is 1380. The summed E-state index contributed by atoms with van der Waals surface area (Å²) in [5, 5.41) is 39.3. The maximum atomic E-state index is 14.0. The Labute approximate surface area is 482 Å². The fourth-order valence-electron chi connectivity index (χ4n) is 10.8. The molecular formula is C63H123N7O9. The first-order valence-corrected chi connectivity index (χ1v) is 32.3. The van der Waals surface area contributed by atoms with Crippen LogP contribution in [0.5, 0.6) is 0 Å². The third-order valence-electron chi connectivity index (χ3n) is 15.4. The van der Waals surface area contributed by atoms with Crippen LogP contribution in [0, 0.1) is 17.8 Å². The van der Waals surface area contributed by atoms with E-state index in [0.717, 1.165) is 77.0 Å². The third-order valence-corrected chi connectivity index (χ3v) is 15.4. The standard InChI is InChI=1S/C63H123N7O9/c1-10-13-16-19-22-25-28-31-34-37-55(74)68(46-49-71)58(52(4)5)61(77)64-40-43-67(44-41-65-62(78)59(53(6)7)69(47-50-72)56(75)38-35-32-29-26-23-20-17-14-11-2)45-42-66-63(79)60(54(8)9)70(48-51-73)57(76)39-36-33-30-27-24-21-18-15-12-3/h52-54,58-60,71-73H,10-51H2,1-9H3,(H,64,77)(H,65,78)(H,66,79). The number of nitrogens with zero attached hydrogens (tertiary/aromatic N) is 4. The van der Waals surface area contributed by atoms with E-state index in [1.165, 1.54) is 111 Å². The Morgan fingerprint density at radius 1 is 0.316 bits per heavy atom. The minimum atomic E-state index is -0.791. The van der Waals surface area contributed by atoms with Gasteiger partial charge in [0, 0.05) is 78.2 Å². The molecule has 0 aromatic carbocycles. The number of hydrogen-bond acceptors (Lipinski definition) is 10. The summed E-state index contributed by atoms with van der Waals surface area (Å²) in [5.74, 6) is -2.10. The molecule has 0 rings (SSSR count). The van der Waals surface area contributed by atoms with E-state index in [2.05, 4.69) is 36.7 Å². The van der Waals surface area contributed by atoms with Gasteiger partial charge in [-0.3, -0.25) is 33.7 Å².